The van der Waals surface area contributed by atoms with Crippen LogP contribution in [-0.4, -0.2) is 59.2 Å². The van der Waals surface area contributed by atoms with Crippen LogP contribution < -0.4 is 9.62 Å². The van der Waals surface area contributed by atoms with Gasteiger partial charge in [-0.15, -0.1) is 0 Å². The van der Waals surface area contributed by atoms with Gasteiger partial charge in [0.2, 0.25) is 15.9 Å². The molecule has 1 N–H and O–H groups in total. The van der Waals surface area contributed by atoms with Crippen LogP contribution in [0.4, 0.5) is 5.69 Å². The minimum Gasteiger partial charge on any atom is -0.356 e. The molecule has 0 aliphatic rings. The summed E-state index contributed by atoms with van der Waals surface area (Å²) in [6.07, 6.45) is 2.03. The monoisotopic (exact) mass is 361 g/mol. The van der Waals surface area contributed by atoms with Gasteiger partial charge in [0.05, 0.1) is 17.0 Å². The summed E-state index contributed by atoms with van der Waals surface area (Å²) >= 11 is 6.06. The molecule has 0 heterocycles. The molecular formula is C15H24ClN3O3S. The number of nitrogens with one attached hydrogen (secondary N) is 1. The summed E-state index contributed by atoms with van der Waals surface area (Å²) in [7, 11) is 0.425. The largest absolute Gasteiger partial charge is 0.356 e. The van der Waals surface area contributed by atoms with E-state index in [1.54, 1.807) is 24.3 Å². The molecule has 0 saturated heterocycles. The van der Waals surface area contributed by atoms with Crippen LogP contribution >= 0.6 is 11.6 Å². The Kier molecular flexibility index (Phi) is 7.81. The number of halogens is 1. The second-order valence-corrected chi connectivity index (χ2v) is 7.86. The lowest BCUT2D eigenvalue weighted by Gasteiger charge is -2.23. The third-order valence-electron chi connectivity index (χ3n) is 3.17. The van der Waals surface area contributed by atoms with Gasteiger partial charge in [0.15, 0.2) is 0 Å². The van der Waals surface area contributed by atoms with Gasteiger partial charge in [0.25, 0.3) is 0 Å². The zero-order valence-electron chi connectivity index (χ0n) is 13.8. The highest BCUT2D eigenvalue weighted by atomic mass is 35.5. The van der Waals surface area contributed by atoms with Gasteiger partial charge in [0, 0.05) is 19.5 Å². The van der Waals surface area contributed by atoms with Gasteiger partial charge in [-0.1, -0.05) is 23.7 Å². The Morgan fingerprint density at radius 3 is 2.43 bits per heavy atom. The molecule has 0 aliphatic carbocycles. The molecule has 0 aromatic heterocycles. The third kappa shape index (κ3) is 7.20. The van der Waals surface area contributed by atoms with Crippen molar-refractivity contribution in [2.75, 3.05) is 44.3 Å². The van der Waals surface area contributed by atoms with Crippen molar-refractivity contribution in [3.63, 3.8) is 0 Å². The summed E-state index contributed by atoms with van der Waals surface area (Å²) in [5.74, 6) is -0.176. The van der Waals surface area contributed by atoms with Gasteiger partial charge >= 0.3 is 0 Å². The lowest BCUT2D eigenvalue weighted by Crippen LogP contribution is -2.35. The smallest absolute Gasteiger partial charge is 0.232 e. The highest BCUT2D eigenvalue weighted by Crippen LogP contribution is 2.27. The molecule has 8 heteroatoms. The molecule has 23 heavy (non-hydrogen) atoms. The molecule has 0 atom stereocenters. The topological polar surface area (TPSA) is 69.7 Å². The van der Waals surface area contributed by atoms with E-state index in [4.69, 9.17) is 11.6 Å². The molecule has 0 fully saturated rings. The van der Waals surface area contributed by atoms with Crippen molar-refractivity contribution >= 4 is 33.2 Å². The van der Waals surface area contributed by atoms with E-state index < -0.39 is 10.0 Å². The Balaban J connectivity index is 2.60. The first-order valence-corrected chi connectivity index (χ1v) is 9.58. The average molecular weight is 362 g/mol. The number of hydrogen-bond donors (Lipinski definition) is 1. The number of sulfonamides is 1. The standard InChI is InChI=1S/C15H24ClN3O3S/c1-18(2)11-6-10-17-15(20)9-12-19(23(3,21)22)14-8-5-4-7-13(14)16/h4-5,7-8H,6,9-12H2,1-3H3,(H,17,20). The van der Waals surface area contributed by atoms with E-state index in [2.05, 4.69) is 5.32 Å². The van der Waals surface area contributed by atoms with Crippen molar-refractivity contribution in [3.05, 3.63) is 29.3 Å². The lowest BCUT2D eigenvalue weighted by atomic mass is 10.3. The third-order valence-corrected chi connectivity index (χ3v) is 4.67. The van der Waals surface area contributed by atoms with Gasteiger partial charge in [-0.3, -0.25) is 9.10 Å². The van der Waals surface area contributed by atoms with Gasteiger partial charge in [0.1, 0.15) is 0 Å². The maximum atomic E-state index is 12.0. The molecule has 0 radical (unpaired) electrons. The predicted molar refractivity (Wildman–Crippen MR) is 94.4 cm³/mol. The van der Waals surface area contributed by atoms with Crippen molar-refractivity contribution in [2.24, 2.45) is 0 Å². The van der Waals surface area contributed by atoms with Crippen LogP contribution in [0.25, 0.3) is 0 Å². The molecule has 1 rings (SSSR count). The Morgan fingerprint density at radius 2 is 1.87 bits per heavy atom. The first-order chi connectivity index (χ1) is 10.7. The Hall–Kier alpha value is -1.31. The summed E-state index contributed by atoms with van der Waals surface area (Å²) in [6, 6.07) is 6.68. The van der Waals surface area contributed by atoms with Crippen LogP contribution in [0.2, 0.25) is 5.02 Å². The van der Waals surface area contributed by atoms with Crippen LogP contribution in [0.5, 0.6) is 0 Å². The number of rotatable bonds is 9. The quantitative estimate of drug-likeness (QED) is 0.678. The molecule has 6 nitrogen and oxygen atoms in total. The molecule has 130 valence electrons. The first kappa shape index (κ1) is 19.7. The number of benzene rings is 1. The zero-order chi connectivity index (χ0) is 17.5. The SMILES string of the molecule is CN(C)CCCNC(=O)CCN(c1ccccc1Cl)S(C)(=O)=O. The fourth-order valence-corrected chi connectivity index (χ4v) is 3.26. The van der Waals surface area contributed by atoms with Crippen LogP contribution in [0, 0.1) is 0 Å². The summed E-state index contributed by atoms with van der Waals surface area (Å²) in [5, 5.41) is 3.13. The number of hydrogen-bond acceptors (Lipinski definition) is 4. The summed E-state index contributed by atoms with van der Waals surface area (Å²) in [4.78, 5) is 13.9. The number of carbonyl (C=O) groups is 1. The van der Waals surface area contributed by atoms with E-state index in [0.717, 1.165) is 23.5 Å². The number of carbonyl (C=O) groups excluding carboxylic acids is 1. The minimum absolute atomic E-state index is 0.0576. The Labute approximate surface area is 143 Å². The van der Waals surface area contributed by atoms with Crippen LogP contribution in [0.15, 0.2) is 24.3 Å². The molecular weight excluding hydrogens is 338 g/mol. The maximum absolute atomic E-state index is 12.0. The zero-order valence-corrected chi connectivity index (χ0v) is 15.3. The van der Waals surface area contributed by atoms with E-state index in [9.17, 15) is 13.2 Å². The maximum Gasteiger partial charge on any atom is 0.232 e. The molecule has 0 spiro atoms. The number of anilines is 1. The van der Waals surface area contributed by atoms with Crippen molar-refractivity contribution < 1.29 is 13.2 Å². The second kappa shape index (κ2) is 9.10. The highest BCUT2D eigenvalue weighted by molar-refractivity contribution is 7.92. The molecule has 0 bridgehead atoms. The van der Waals surface area contributed by atoms with Gasteiger partial charge in [-0.25, -0.2) is 8.42 Å². The van der Waals surface area contributed by atoms with Gasteiger partial charge in [-0.2, -0.15) is 0 Å². The predicted octanol–water partition coefficient (Wildman–Crippen LogP) is 1.56. The van der Waals surface area contributed by atoms with Crippen molar-refractivity contribution in [3.8, 4) is 0 Å². The summed E-state index contributed by atoms with van der Waals surface area (Å²) < 4.78 is 25.1. The van der Waals surface area contributed by atoms with Crippen LogP contribution in [0.3, 0.4) is 0 Å². The molecule has 0 saturated carbocycles. The van der Waals surface area contributed by atoms with E-state index in [0.29, 0.717) is 17.3 Å². The Bertz CT molecular complexity index is 620. The lowest BCUT2D eigenvalue weighted by molar-refractivity contribution is -0.120. The van der Waals surface area contributed by atoms with Crippen LogP contribution in [0.1, 0.15) is 12.8 Å². The van der Waals surface area contributed by atoms with Gasteiger partial charge < -0.3 is 10.2 Å². The molecule has 1 amide bonds. The molecule has 0 unspecified atom stereocenters. The number of amides is 1. The van der Waals surface area contributed by atoms with E-state index in [1.807, 2.05) is 19.0 Å². The Morgan fingerprint density at radius 1 is 1.22 bits per heavy atom. The average Bonchev–Trinajstić information content (AvgIpc) is 2.44. The van der Waals surface area contributed by atoms with Crippen molar-refractivity contribution in [2.45, 2.75) is 12.8 Å². The van der Waals surface area contributed by atoms with Crippen molar-refractivity contribution in [1.82, 2.24) is 10.2 Å². The number of nitrogens with zero attached hydrogens (tertiary/aromatic N) is 2. The van der Waals surface area contributed by atoms with Crippen molar-refractivity contribution in [1.29, 1.82) is 0 Å². The normalized spacial score (nSPS) is 11.5. The molecule has 1 aromatic rings. The number of para-hydroxylation sites is 1. The first-order valence-electron chi connectivity index (χ1n) is 7.35. The minimum atomic E-state index is -3.51. The molecule has 0 aliphatic heterocycles. The van der Waals surface area contributed by atoms with E-state index in [-0.39, 0.29) is 18.9 Å². The van der Waals surface area contributed by atoms with E-state index >= 15 is 0 Å². The summed E-state index contributed by atoms with van der Waals surface area (Å²) in [6.45, 7) is 1.51. The fraction of sp³-hybridized carbons (Fsp3) is 0.533. The second-order valence-electron chi connectivity index (χ2n) is 5.54. The fourth-order valence-electron chi connectivity index (χ4n) is 2.03. The van der Waals surface area contributed by atoms with Gasteiger partial charge in [-0.05, 0) is 39.2 Å². The van der Waals surface area contributed by atoms with E-state index in [1.165, 1.54) is 0 Å². The van der Waals surface area contributed by atoms with Crippen LogP contribution in [-0.2, 0) is 14.8 Å². The highest BCUT2D eigenvalue weighted by Gasteiger charge is 2.20. The summed E-state index contributed by atoms with van der Waals surface area (Å²) in [5.41, 5.74) is 0.386. The molecule has 1 aromatic carbocycles.